The van der Waals surface area contributed by atoms with Gasteiger partial charge in [-0.1, -0.05) is 29.3 Å². The van der Waals surface area contributed by atoms with Crippen LogP contribution < -0.4 is 5.73 Å². The van der Waals surface area contributed by atoms with E-state index in [1.807, 2.05) is 18.2 Å². The molecule has 108 valence electrons. The van der Waals surface area contributed by atoms with E-state index >= 15 is 0 Å². The van der Waals surface area contributed by atoms with Gasteiger partial charge in [0, 0.05) is 29.2 Å². The highest BCUT2D eigenvalue weighted by atomic mass is 35.5. The number of nitrogens with zero attached hydrogens (tertiary/aromatic N) is 1. The number of hydrogen-bond donors (Lipinski definition) is 1. The van der Waals surface area contributed by atoms with Crippen molar-refractivity contribution in [3.63, 3.8) is 0 Å². The topological polar surface area (TPSA) is 29.3 Å². The molecular formula is C14H21Cl3N2. The molecule has 5 heteroatoms. The lowest BCUT2D eigenvalue weighted by molar-refractivity contribution is 0.154. The summed E-state index contributed by atoms with van der Waals surface area (Å²) in [6.45, 7) is 5.18. The maximum atomic E-state index is 6.21. The minimum absolute atomic E-state index is 0. The monoisotopic (exact) mass is 322 g/mol. The fourth-order valence-corrected chi connectivity index (χ4v) is 3.02. The van der Waals surface area contributed by atoms with E-state index in [0.29, 0.717) is 10.9 Å². The summed E-state index contributed by atoms with van der Waals surface area (Å²) in [6, 6.07) is 6.00. The van der Waals surface area contributed by atoms with Gasteiger partial charge in [-0.2, -0.15) is 0 Å². The van der Waals surface area contributed by atoms with Gasteiger partial charge >= 0.3 is 0 Å². The van der Waals surface area contributed by atoms with Crippen LogP contribution >= 0.6 is 35.6 Å². The van der Waals surface area contributed by atoms with Gasteiger partial charge in [0.15, 0.2) is 0 Å². The molecule has 2 N–H and O–H groups in total. The first kappa shape index (κ1) is 17.1. The van der Waals surface area contributed by atoms with E-state index in [1.54, 1.807) is 0 Å². The average Bonchev–Trinajstić information content (AvgIpc) is 2.33. The number of nitrogens with two attached hydrogens (primary N) is 1. The molecule has 2 nitrogen and oxygen atoms in total. The minimum Gasteiger partial charge on any atom is -0.328 e. The first-order valence-corrected chi connectivity index (χ1v) is 7.23. The molecule has 0 aromatic heterocycles. The molecule has 0 spiro atoms. The zero-order valence-electron chi connectivity index (χ0n) is 11.1. The van der Waals surface area contributed by atoms with Crippen LogP contribution in [0.2, 0.25) is 10.0 Å². The average molecular weight is 324 g/mol. The Bertz CT molecular complexity index is 410. The molecule has 0 aliphatic carbocycles. The molecule has 0 saturated carbocycles. The van der Waals surface area contributed by atoms with Crippen LogP contribution in [0.15, 0.2) is 18.2 Å². The van der Waals surface area contributed by atoms with Crippen LogP contribution in [0, 0.1) is 5.92 Å². The van der Waals surface area contributed by atoms with Crippen molar-refractivity contribution in [3.8, 4) is 0 Å². The lowest BCUT2D eigenvalue weighted by Crippen LogP contribution is -2.41. The Balaban J connectivity index is 0.00000180. The molecule has 1 aliphatic heterocycles. The van der Waals surface area contributed by atoms with Gasteiger partial charge in [0.25, 0.3) is 0 Å². The fraction of sp³-hybridized carbons (Fsp3) is 0.571. The smallest absolute Gasteiger partial charge is 0.0465 e. The first-order valence-electron chi connectivity index (χ1n) is 6.48. The van der Waals surface area contributed by atoms with Crippen molar-refractivity contribution in [1.29, 1.82) is 0 Å². The van der Waals surface area contributed by atoms with Crippen LogP contribution in [0.5, 0.6) is 0 Å². The predicted molar refractivity (Wildman–Crippen MR) is 85.4 cm³/mol. The van der Waals surface area contributed by atoms with E-state index in [1.165, 1.54) is 12.8 Å². The van der Waals surface area contributed by atoms with Crippen LogP contribution in [-0.2, 0) is 6.54 Å². The maximum Gasteiger partial charge on any atom is 0.0465 e. The molecule has 1 fully saturated rings. The number of halogens is 3. The van der Waals surface area contributed by atoms with Crippen molar-refractivity contribution in [2.45, 2.75) is 32.4 Å². The van der Waals surface area contributed by atoms with E-state index in [0.717, 1.165) is 30.2 Å². The Morgan fingerprint density at radius 3 is 2.79 bits per heavy atom. The lowest BCUT2D eigenvalue weighted by atomic mass is 9.92. The summed E-state index contributed by atoms with van der Waals surface area (Å²) in [5, 5.41) is 1.45. The van der Waals surface area contributed by atoms with Gasteiger partial charge in [0.1, 0.15) is 0 Å². The van der Waals surface area contributed by atoms with Crippen LogP contribution in [0.4, 0.5) is 0 Å². The van der Waals surface area contributed by atoms with Crippen LogP contribution in [0.25, 0.3) is 0 Å². The zero-order valence-corrected chi connectivity index (χ0v) is 13.4. The van der Waals surface area contributed by atoms with Crippen LogP contribution in [-0.4, -0.2) is 24.0 Å². The van der Waals surface area contributed by atoms with E-state index < -0.39 is 0 Å². The van der Waals surface area contributed by atoms with Gasteiger partial charge in [-0.15, -0.1) is 12.4 Å². The fourth-order valence-electron chi connectivity index (χ4n) is 2.55. The summed E-state index contributed by atoms with van der Waals surface area (Å²) in [5.74, 6) is 0.602. The second-order valence-corrected chi connectivity index (χ2v) is 6.08. The van der Waals surface area contributed by atoms with Gasteiger partial charge in [0.2, 0.25) is 0 Å². The molecular weight excluding hydrogens is 303 g/mol. The van der Waals surface area contributed by atoms with E-state index in [9.17, 15) is 0 Å². The quantitative estimate of drug-likeness (QED) is 0.912. The first-order chi connectivity index (χ1) is 8.56. The van der Waals surface area contributed by atoms with Crippen molar-refractivity contribution in [2.75, 3.05) is 13.1 Å². The van der Waals surface area contributed by atoms with Crippen molar-refractivity contribution >= 4 is 35.6 Å². The predicted octanol–water partition coefficient (Wildman–Crippen LogP) is 3.97. The van der Waals surface area contributed by atoms with E-state index in [4.69, 9.17) is 28.9 Å². The van der Waals surface area contributed by atoms with E-state index in [-0.39, 0.29) is 18.4 Å². The molecule has 0 amide bonds. The zero-order chi connectivity index (χ0) is 13.1. The summed E-state index contributed by atoms with van der Waals surface area (Å²) in [7, 11) is 0. The summed E-state index contributed by atoms with van der Waals surface area (Å²) in [6.07, 6.45) is 2.46. The van der Waals surface area contributed by atoms with Crippen molar-refractivity contribution < 1.29 is 0 Å². The maximum absolute atomic E-state index is 6.21. The number of rotatable bonds is 3. The highest BCUT2D eigenvalue weighted by Crippen LogP contribution is 2.25. The molecule has 2 atom stereocenters. The number of piperidine rings is 1. The number of likely N-dealkylation sites (tertiary alicyclic amines) is 1. The molecule has 1 saturated heterocycles. The van der Waals surface area contributed by atoms with Crippen LogP contribution in [0.1, 0.15) is 25.3 Å². The number of hydrogen-bond acceptors (Lipinski definition) is 2. The van der Waals surface area contributed by atoms with Crippen LogP contribution in [0.3, 0.4) is 0 Å². The molecule has 1 heterocycles. The van der Waals surface area contributed by atoms with Crippen molar-refractivity contribution in [1.82, 2.24) is 4.90 Å². The molecule has 0 radical (unpaired) electrons. The summed E-state index contributed by atoms with van der Waals surface area (Å²) < 4.78 is 0. The van der Waals surface area contributed by atoms with E-state index in [2.05, 4.69) is 11.8 Å². The standard InChI is InChI=1S/C14H20Cl2N2.ClH/c1-10(17)11-3-2-6-18(8-11)9-12-4-5-13(15)7-14(12)16;/h4-5,7,10-11H,2-3,6,8-9,17H2,1H3;1H. The summed E-state index contributed by atoms with van der Waals surface area (Å²) in [5.41, 5.74) is 7.15. The Kier molecular flexibility index (Phi) is 6.92. The molecule has 0 bridgehead atoms. The third-order valence-electron chi connectivity index (χ3n) is 3.69. The van der Waals surface area contributed by atoms with Gasteiger partial charge < -0.3 is 5.73 Å². The third-order valence-corrected chi connectivity index (χ3v) is 4.28. The van der Waals surface area contributed by atoms with Crippen molar-refractivity contribution in [2.24, 2.45) is 11.7 Å². The molecule has 2 rings (SSSR count). The Labute approximate surface area is 131 Å². The number of benzene rings is 1. The SMILES string of the molecule is CC(N)C1CCCN(Cc2ccc(Cl)cc2Cl)C1.Cl. The minimum atomic E-state index is 0. The molecule has 1 aliphatic rings. The highest BCUT2D eigenvalue weighted by molar-refractivity contribution is 6.35. The largest absolute Gasteiger partial charge is 0.328 e. The van der Waals surface area contributed by atoms with Crippen molar-refractivity contribution in [3.05, 3.63) is 33.8 Å². The van der Waals surface area contributed by atoms with Gasteiger partial charge in [0.05, 0.1) is 0 Å². The summed E-state index contributed by atoms with van der Waals surface area (Å²) >= 11 is 12.1. The Hall–Kier alpha value is 0.01000. The van der Waals surface area contributed by atoms with Gasteiger partial charge in [-0.25, -0.2) is 0 Å². The molecule has 19 heavy (non-hydrogen) atoms. The lowest BCUT2D eigenvalue weighted by Gasteiger charge is -2.34. The molecule has 1 aromatic carbocycles. The Morgan fingerprint density at radius 2 is 2.16 bits per heavy atom. The molecule has 1 aromatic rings. The molecule has 2 unspecified atom stereocenters. The second kappa shape index (κ2) is 7.70. The third kappa shape index (κ3) is 4.80. The van der Waals surface area contributed by atoms with Gasteiger partial charge in [-0.05, 0) is 49.9 Å². The Morgan fingerprint density at radius 1 is 1.42 bits per heavy atom. The normalized spacial score (nSPS) is 21.8. The van der Waals surface area contributed by atoms with Gasteiger partial charge in [-0.3, -0.25) is 4.90 Å². The second-order valence-electron chi connectivity index (χ2n) is 5.23. The summed E-state index contributed by atoms with van der Waals surface area (Å²) in [4.78, 5) is 2.44. The highest BCUT2D eigenvalue weighted by Gasteiger charge is 2.22.